The molecule has 0 spiro atoms. The van der Waals surface area contributed by atoms with Gasteiger partial charge in [-0.15, -0.1) is 6.42 Å². The summed E-state index contributed by atoms with van der Waals surface area (Å²) in [7, 11) is 0. The maximum Gasteiger partial charge on any atom is 0.236 e. The Kier molecular flexibility index (Phi) is 2.43. The first-order valence-electron chi connectivity index (χ1n) is 3.04. The van der Waals surface area contributed by atoms with E-state index in [0.717, 1.165) is 0 Å². The van der Waals surface area contributed by atoms with Crippen molar-refractivity contribution in [3.05, 3.63) is 0 Å². The van der Waals surface area contributed by atoms with E-state index in [0.29, 0.717) is 19.8 Å². The number of ether oxygens (including phenoxy) is 2. The van der Waals surface area contributed by atoms with E-state index in [1.54, 1.807) is 0 Å². The summed E-state index contributed by atoms with van der Waals surface area (Å²) in [6.45, 7) is 1.30. The van der Waals surface area contributed by atoms with Crippen LogP contribution in [0, 0.1) is 12.3 Å². The van der Waals surface area contributed by atoms with Gasteiger partial charge in [-0.1, -0.05) is 0 Å². The van der Waals surface area contributed by atoms with Crippen LogP contribution in [0.4, 0.5) is 0 Å². The van der Waals surface area contributed by atoms with Crippen LogP contribution >= 0.6 is 0 Å². The average molecular weight is 140 g/mol. The molecule has 1 atom stereocenters. The molecular weight excluding hydrogens is 132 g/mol. The van der Waals surface area contributed by atoms with Crippen LogP contribution < -0.4 is 0 Å². The third-order valence-electron chi connectivity index (χ3n) is 1.25. The molecule has 3 heteroatoms. The van der Waals surface area contributed by atoms with E-state index < -0.39 is 6.10 Å². The summed E-state index contributed by atoms with van der Waals surface area (Å²) in [6.07, 6.45) is 4.34. The number of ketones is 1. The zero-order valence-corrected chi connectivity index (χ0v) is 5.50. The second-order valence-electron chi connectivity index (χ2n) is 1.94. The van der Waals surface area contributed by atoms with Crippen LogP contribution in [0.2, 0.25) is 0 Å². The molecule has 1 rings (SSSR count). The smallest absolute Gasteiger partial charge is 0.236 e. The van der Waals surface area contributed by atoms with Crippen molar-refractivity contribution in [2.75, 3.05) is 19.8 Å². The number of hydrogen-bond donors (Lipinski definition) is 0. The fourth-order valence-corrected chi connectivity index (χ4v) is 0.732. The van der Waals surface area contributed by atoms with Crippen molar-refractivity contribution >= 4 is 5.78 Å². The standard InChI is InChI=1S/C7H8O3/c1-2-6(8)7-5-9-3-4-10-7/h1,7H,3-5H2. The van der Waals surface area contributed by atoms with Gasteiger partial charge in [0.05, 0.1) is 19.8 Å². The van der Waals surface area contributed by atoms with Gasteiger partial charge in [-0.2, -0.15) is 0 Å². The lowest BCUT2D eigenvalue weighted by atomic mass is 10.2. The molecule has 54 valence electrons. The molecule has 3 nitrogen and oxygen atoms in total. The largest absolute Gasteiger partial charge is 0.376 e. The zero-order valence-electron chi connectivity index (χ0n) is 5.50. The van der Waals surface area contributed by atoms with Crippen LogP contribution in [-0.2, 0) is 14.3 Å². The molecule has 1 unspecified atom stereocenters. The Morgan fingerprint density at radius 1 is 1.60 bits per heavy atom. The molecule has 1 fully saturated rings. The highest BCUT2D eigenvalue weighted by Gasteiger charge is 2.20. The Hall–Kier alpha value is -0.850. The van der Waals surface area contributed by atoms with Gasteiger partial charge >= 0.3 is 0 Å². The fourth-order valence-electron chi connectivity index (χ4n) is 0.732. The van der Waals surface area contributed by atoms with Crippen molar-refractivity contribution in [1.29, 1.82) is 0 Å². The Bertz CT molecular complexity index is 162. The number of Topliss-reactive ketones (excluding diaryl/α,β-unsaturated/α-hetero) is 1. The van der Waals surface area contributed by atoms with Gasteiger partial charge in [0.15, 0.2) is 6.10 Å². The minimum absolute atomic E-state index is 0.295. The quantitative estimate of drug-likeness (QED) is 0.367. The van der Waals surface area contributed by atoms with E-state index in [1.807, 2.05) is 5.92 Å². The number of carbonyl (C=O) groups excluding carboxylic acids is 1. The molecule has 0 saturated carbocycles. The van der Waals surface area contributed by atoms with Gasteiger partial charge < -0.3 is 9.47 Å². The number of hydrogen-bond acceptors (Lipinski definition) is 3. The normalized spacial score (nSPS) is 25.3. The summed E-state index contributed by atoms with van der Waals surface area (Å²) in [6, 6.07) is 0. The lowest BCUT2D eigenvalue weighted by Gasteiger charge is -2.19. The van der Waals surface area contributed by atoms with Gasteiger partial charge in [0, 0.05) is 0 Å². The summed E-state index contributed by atoms with van der Waals surface area (Å²) in [5.74, 6) is 1.66. The molecular formula is C7H8O3. The SMILES string of the molecule is C#CC(=O)C1COCCO1. The van der Waals surface area contributed by atoms with Crippen molar-refractivity contribution in [3.63, 3.8) is 0 Å². The Labute approximate surface area is 59.3 Å². The first-order valence-corrected chi connectivity index (χ1v) is 3.04. The third-order valence-corrected chi connectivity index (χ3v) is 1.25. The maximum atomic E-state index is 10.7. The number of rotatable bonds is 1. The highest BCUT2D eigenvalue weighted by Crippen LogP contribution is 2.00. The predicted octanol–water partition coefficient (Wildman–Crippen LogP) is -0.396. The summed E-state index contributed by atoms with van der Waals surface area (Å²) >= 11 is 0. The van der Waals surface area contributed by atoms with Gasteiger partial charge in [-0.05, 0) is 5.92 Å². The summed E-state index contributed by atoms with van der Waals surface area (Å²) in [5, 5.41) is 0. The maximum absolute atomic E-state index is 10.7. The molecule has 1 aliphatic rings. The molecule has 10 heavy (non-hydrogen) atoms. The van der Waals surface area contributed by atoms with Crippen LogP contribution in [0.3, 0.4) is 0 Å². The number of terminal acetylenes is 1. The lowest BCUT2D eigenvalue weighted by Crippen LogP contribution is -2.34. The highest BCUT2D eigenvalue weighted by atomic mass is 16.6. The molecule has 0 aromatic heterocycles. The van der Waals surface area contributed by atoms with E-state index >= 15 is 0 Å². The van der Waals surface area contributed by atoms with Crippen molar-refractivity contribution in [1.82, 2.24) is 0 Å². The Morgan fingerprint density at radius 3 is 2.90 bits per heavy atom. The van der Waals surface area contributed by atoms with Crippen LogP contribution in [0.25, 0.3) is 0 Å². The highest BCUT2D eigenvalue weighted by molar-refractivity contribution is 5.98. The lowest BCUT2D eigenvalue weighted by molar-refractivity contribution is -0.139. The van der Waals surface area contributed by atoms with Gasteiger partial charge in [0.2, 0.25) is 5.78 Å². The van der Waals surface area contributed by atoms with Gasteiger partial charge in [-0.25, -0.2) is 0 Å². The van der Waals surface area contributed by atoms with Crippen molar-refractivity contribution in [2.45, 2.75) is 6.10 Å². The second-order valence-corrected chi connectivity index (χ2v) is 1.94. The predicted molar refractivity (Wildman–Crippen MR) is 34.4 cm³/mol. The molecule has 1 aliphatic heterocycles. The minimum Gasteiger partial charge on any atom is -0.376 e. The van der Waals surface area contributed by atoms with Gasteiger partial charge in [0.25, 0.3) is 0 Å². The van der Waals surface area contributed by atoms with E-state index in [9.17, 15) is 4.79 Å². The van der Waals surface area contributed by atoms with Crippen molar-refractivity contribution in [3.8, 4) is 12.3 Å². The zero-order chi connectivity index (χ0) is 7.40. The van der Waals surface area contributed by atoms with E-state index in [-0.39, 0.29) is 5.78 Å². The average Bonchev–Trinajstić information content (AvgIpc) is 2.05. The molecule has 0 aliphatic carbocycles. The first-order chi connectivity index (χ1) is 4.84. The van der Waals surface area contributed by atoms with Crippen LogP contribution in [0.5, 0.6) is 0 Å². The van der Waals surface area contributed by atoms with Gasteiger partial charge in [0.1, 0.15) is 0 Å². The topological polar surface area (TPSA) is 35.5 Å². The molecule has 0 N–H and O–H groups in total. The monoisotopic (exact) mass is 140 g/mol. The molecule has 0 aromatic carbocycles. The van der Waals surface area contributed by atoms with Gasteiger partial charge in [-0.3, -0.25) is 4.79 Å². The molecule has 0 bridgehead atoms. The first kappa shape index (κ1) is 7.26. The van der Waals surface area contributed by atoms with Crippen LogP contribution in [0.1, 0.15) is 0 Å². The van der Waals surface area contributed by atoms with E-state index in [1.165, 1.54) is 0 Å². The molecule has 0 radical (unpaired) electrons. The summed E-state index contributed by atoms with van der Waals surface area (Å²) in [4.78, 5) is 10.7. The van der Waals surface area contributed by atoms with Crippen molar-refractivity contribution < 1.29 is 14.3 Å². The van der Waals surface area contributed by atoms with Crippen LogP contribution in [-0.4, -0.2) is 31.7 Å². The second kappa shape index (κ2) is 3.35. The molecule has 0 amide bonds. The third kappa shape index (κ3) is 1.56. The van der Waals surface area contributed by atoms with Crippen molar-refractivity contribution in [2.24, 2.45) is 0 Å². The fraction of sp³-hybridized carbons (Fsp3) is 0.571. The summed E-state index contributed by atoms with van der Waals surface area (Å²) in [5.41, 5.74) is 0. The van der Waals surface area contributed by atoms with E-state index in [4.69, 9.17) is 15.9 Å². The van der Waals surface area contributed by atoms with Crippen LogP contribution in [0.15, 0.2) is 0 Å². The molecule has 1 heterocycles. The number of carbonyl (C=O) groups is 1. The summed E-state index contributed by atoms with van der Waals surface area (Å²) < 4.78 is 9.98. The minimum atomic E-state index is -0.529. The Morgan fingerprint density at radius 2 is 2.40 bits per heavy atom. The molecule has 1 saturated heterocycles. The molecule has 0 aromatic rings. The Balaban J connectivity index is 2.40. The van der Waals surface area contributed by atoms with E-state index in [2.05, 4.69) is 0 Å².